The molecule has 0 aliphatic carbocycles. The first-order valence-corrected chi connectivity index (χ1v) is 9.88. The third-order valence-corrected chi connectivity index (χ3v) is 5.56. The Morgan fingerprint density at radius 3 is 2.44 bits per heavy atom. The van der Waals surface area contributed by atoms with Crippen molar-refractivity contribution in [3.05, 3.63) is 53.7 Å². The van der Waals surface area contributed by atoms with Crippen LogP contribution in [-0.2, 0) is 9.59 Å². The number of methoxy groups -OCH3 is 2. The summed E-state index contributed by atoms with van der Waals surface area (Å²) >= 11 is 0. The van der Waals surface area contributed by atoms with Crippen molar-refractivity contribution < 1.29 is 33.7 Å². The van der Waals surface area contributed by atoms with Crippen LogP contribution in [0.3, 0.4) is 0 Å². The molecule has 2 atom stereocenters. The van der Waals surface area contributed by atoms with Gasteiger partial charge in [0.2, 0.25) is 6.41 Å². The number of rotatable bonds is 5. The van der Waals surface area contributed by atoms with Crippen LogP contribution >= 0.6 is 0 Å². The molecule has 2 heterocycles. The van der Waals surface area contributed by atoms with Crippen molar-refractivity contribution >= 4 is 29.5 Å². The zero-order valence-corrected chi connectivity index (χ0v) is 17.8. The number of carbonyl (C=O) groups excluding carboxylic acids is 3. The van der Waals surface area contributed by atoms with Crippen molar-refractivity contribution in [3.63, 3.8) is 0 Å². The Bertz CT molecular complexity index is 1110. The molecule has 4 rings (SSSR count). The van der Waals surface area contributed by atoms with Crippen molar-refractivity contribution in [1.29, 1.82) is 0 Å². The maximum atomic E-state index is 13.4. The third kappa shape index (κ3) is 3.56. The molecular weight excluding hydrogens is 416 g/mol. The average Bonchev–Trinajstić information content (AvgIpc) is 3.21. The second kappa shape index (κ2) is 8.35. The number of hydrogen-bond acceptors (Lipinski definition) is 7. The smallest absolute Gasteiger partial charge is 0.308 e. The van der Waals surface area contributed by atoms with Gasteiger partial charge in [0.25, 0.3) is 5.91 Å². The zero-order chi connectivity index (χ0) is 23.0. The number of carbonyl (C=O) groups is 3. The molecule has 2 aromatic rings. The van der Waals surface area contributed by atoms with Gasteiger partial charge in [-0.15, -0.1) is 0 Å². The number of ether oxygens (including phenoxy) is 3. The first kappa shape index (κ1) is 21.4. The van der Waals surface area contributed by atoms with Crippen molar-refractivity contribution in [3.8, 4) is 17.2 Å². The molecule has 2 amide bonds. The first-order chi connectivity index (χ1) is 15.4. The average molecular weight is 438 g/mol. The lowest BCUT2D eigenvalue weighted by atomic mass is 10.0. The Kier molecular flexibility index (Phi) is 5.58. The standard InChI is InChI=1S/C23H22N2O7/c1-13(27)32-21-10-18-17(9-20(21)31-3)22(28)24-11-15(8-19(24)23(29)25(18)12-26)14-4-6-16(30-2)7-5-14/h4-7,9-12,19,23,29H,8H2,1-3H3. The summed E-state index contributed by atoms with van der Waals surface area (Å²) in [5.41, 5.74) is 1.98. The lowest BCUT2D eigenvalue weighted by Crippen LogP contribution is -2.47. The van der Waals surface area contributed by atoms with Crippen LogP contribution < -0.4 is 19.1 Å². The van der Waals surface area contributed by atoms with E-state index >= 15 is 0 Å². The number of nitrogens with zero attached hydrogens (tertiary/aromatic N) is 2. The van der Waals surface area contributed by atoms with Gasteiger partial charge >= 0.3 is 5.97 Å². The van der Waals surface area contributed by atoms with Crippen LogP contribution in [0.15, 0.2) is 42.6 Å². The van der Waals surface area contributed by atoms with Crippen molar-refractivity contribution in [2.45, 2.75) is 25.6 Å². The quantitative estimate of drug-likeness (QED) is 0.433. The molecule has 9 heteroatoms. The molecule has 2 aliphatic rings. The molecule has 1 N–H and O–H groups in total. The minimum absolute atomic E-state index is 0.0436. The highest BCUT2D eigenvalue weighted by Crippen LogP contribution is 2.42. The van der Waals surface area contributed by atoms with E-state index in [0.717, 1.165) is 16.0 Å². The largest absolute Gasteiger partial charge is 0.497 e. The van der Waals surface area contributed by atoms with Gasteiger partial charge in [0.05, 0.1) is 31.5 Å². The summed E-state index contributed by atoms with van der Waals surface area (Å²) in [5, 5.41) is 11.0. The molecule has 2 unspecified atom stereocenters. The SMILES string of the molecule is COc1ccc(C2=CN3C(=O)c4cc(OC)c(OC(C)=O)cc4N(C=O)C(O)C3C2)cc1. The molecule has 0 saturated heterocycles. The zero-order valence-electron chi connectivity index (χ0n) is 17.8. The molecule has 9 nitrogen and oxygen atoms in total. The highest BCUT2D eigenvalue weighted by molar-refractivity contribution is 6.05. The van der Waals surface area contributed by atoms with Gasteiger partial charge in [0.1, 0.15) is 5.75 Å². The van der Waals surface area contributed by atoms with E-state index in [1.165, 1.54) is 31.1 Å². The number of benzene rings is 2. The van der Waals surface area contributed by atoms with Gasteiger partial charge in [-0.25, -0.2) is 0 Å². The molecule has 0 aromatic heterocycles. The van der Waals surface area contributed by atoms with Gasteiger partial charge in [-0.1, -0.05) is 12.1 Å². The number of esters is 1. The van der Waals surface area contributed by atoms with Gasteiger partial charge in [-0.2, -0.15) is 0 Å². The fourth-order valence-corrected chi connectivity index (χ4v) is 4.01. The monoisotopic (exact) mass is 438 g/mol. The summed E-state index contributed by atoms with van der Waals surface area (Å²) in [6.07, 6.45) is 1.16. The van der Waals surface area contributed by atoms with E-state index in [0.29, 0.717) is 18.6 Å². The van der Waals surface area contributed by atoms with Gasteiger partial charge in [0, 0.05) is 19.2 Å². The highest BCUT2D eigenvalue weighted by atomic mass is 16.6. The van der Waals surface area contributed by atoms with E-state index in [-0.39, 0.29) is 22.7 Å². The fourth-order valence-electron chi connectivity index (χ4n) is 4.01. The van der Waals surface area contributed by atoms with Crippen molar-refractivity contribution in [2.24, 2.45) is 0 Å². The van der Waals surface area contributed by atoms with E-state index in [2.05, 4.69) is 0 Å². The number of aliphatic hydroxyl groups is 1. The first-order valence-electron chi connectivity index (χ1n) is 9.88. The molecule has 0 fully saturated rings. The van der Waals surface area contributed by atoms with Crippen LogP contribution in [0.4, 0.5) is 5.69 Å². The van der Waals surface area contributed by atoms with E-state index in [4.69, 9.17) is 14.2 Å². The fraction of sp³-hybridized carbons (Fsp3) is 0.261. The third-order valence-electron chi connectivity index (χ3n) is 5.56. The van der Waals surface area contributed by atoms with E-state index in [1.54, 1.807) is 13.3 Å². The number of anilines is 1. The summed E-state index contributed by atoms with van der Waals surface area (Å²) < 4.78 is 15.6. The van der Waals surface area contributed by atoms with Crippen LogP contribution in [0, 0.1) is 0 Å². The summed E-state index contributed by atoms with van der Waals surface area (Å²) in [5.74, 6) is -0.0971. The lowest BCUT2D eigenvalue weighted by Gasteiger charge is -2.29. The second-order valence-corrected chi connectivity index (χ2v) is 7.41. The molecule has 0 bridgehead atoms. The van der Waals surface area contributed by atoms with E-state index in [1.807, 2.05) is 24.3 Å². The molecule has 0 radical (unpaired) electrons. The molecule has 0 spiro atoms. The summed E-state index contributed by atoms with van der Waals surface area (Å²) in [7, 11) is 2.96. The van der Waals surface area contributed by atoms with Crippen LogP contribution in [0.5, 0.6) is 17.2 Å². The van der Waals surface area contributed by atoms with Crippen molar-refractivity contribution in [2.75, 3.05) is 19.1 Å². The molecule has 166 valence electrons. The van der Waals surface area contributed by atoms with E-state index in [9.17, 15) is 19.5 Å². The number of fused-ring (bicyclic) bond motifs is 2. The predicted molar refractivity (Wildman–Crippen MR) is 114 cm³/mol. The molecular formula is C23H22N2O7. The maximum Gasteiger partial charge on any atom is 0.308 e. The van der Waals surface area contributed by atoms with Crippen LogP contribution in [0.2, 0.25) is 0 Å². The normalized spacial score (nSPS) is 19.5. The minimum atomic E-state index is -1.32. The predicted octanol–water partition coefficient (Wildman–Crippen LogP) is 2.18. The topological polar surface area (TPSA) is 106 Å². The summed E-state index contributed by atoms with van der Waals surface area (Å²) in [6, 6.07) is 9.42. The molecule has 2 aliphatic heterocycles. The van der Waals surface area contributed by atoms with Crippen LogP contribution in [0.1, 0.15) is 29.3 Å². The number of amides is 2. The molecule has 0 saturated carbocycles. The number of hydrogen-bond donors (Lipinski definition) is 1. The molecule has 32 heavy (non-hydrogen) atoms. The van der Waals surface area contributed by atoms with Crippen LogP contribution in [-0.4, -0.2) is 54.8 Å². The summed E-state index contributed by atoms with van der Waals surface area (Å²) in [6.45, 7) is 1.23. The number of aliphatic hydroxyl groups excluding tert-OH is 1. The van der Waals surface area contributed by atoms with Gasteiger partial charge in [-0.3, -0.25) is 19.3 Å². The lowest BCUT2D eigenvalue weighted by molar-refractivity contribution is -0.132. The Hall–Kier alpha value is -3.85. The van der Waals surface area contributed by atoms with Gasteiger partial charge in [0.15, 0.2) is 17.7 Å². The maximum absolute atomic E-state index is 13.4. The Labute approximate surface area is 184 Å². The van der Waals surface area contributed by atoms with Crippen LogP contribution in [0.25, 0.3) is 5.57 Å². The van der Waals surface area contributed by atoms with E-state index < -0.39 is 24.1 Å². The highest BCUT2D eigenvalue weighted by Gasteiger charge is 2.43. The Morgan fingerprint density at radius 2 is 1.84 bits per heavy atom. The molecule has 2 aromatic carbocycles. The summed E-state index contributed by atoms with van der Waals surface area (Å²) in [4.78, 5) is 39.4. The minimum Gasteiger partial charge on any atom is -0.497 e. The van der Waals surface area contributed by atoms with Gasteiger partial charge < -0.3 is 24.2 Å². The van der Waals surface area contributed by atoms with Crippen molar-refractivity contribution in [1.82, 2.24) is 4.90 Å². The van der Waals surface area contributed by atoms with Gasteiger partial charge in [-0.05, 0) is 35.8 Å². The second-order valence-electron chi connectivity index (χ2n) is 7.41. The Morgan fingerprint density at radius 1 is 1.12 bits per heavy atom. The Balaban J connectivity index is 1.79.